The van der Waals surface area contributed by atoms with Crippen molar-refractivity contribution in [3.8, 4) is 5.75 Å². The predicted molar refractivity (Wildman–Crippen MR) is 139 cm³/mol. The number of halogens is 1. The average Bonchev–Trinajstić information content (AvgIpc) is 3.02. The number of ether oxygens (including phenoxy) is 1. The van der Waals surface area contributed by atoms with Crippen LogP contribution < -0.4 is 20.1 Å². The molecule has 1 aliphatic carbocycles. The van der Waals surface area contributed by atoms with Gasteiger partial charge in [0.25, 0.3) is 0 Å². The van der Waals surface area contributed by atoms with E-state index < -0.39 is 11.3 Å². The molecule has 2 aliphatic rings. The maximum atomic E-state index is 12.5. The molecule has 4 rings (SSSR count). The lowest BCUT2D eigenvalue weighted by molar-refractivity contribution is -0.130. The predicted octanol–water partition coefficient (Wildman–Crippen LogP) is 3.18. The van der Waals surface area contributed by atoms with E-state index in [1.165, 1.54) is 6.20 Å². The molecule has 3 atom stereocenters. The van der Waals surface area contributed by atoms with Crippen LogP contribution in [0.2, 0.25) is 5.02 Å². The summed E-state index contributed by atoms with van der Waals surface area (Å²) in [7, 11) is 1.59. The van der Waals surface area contributed by atoms with E-state index in [1.807, 2.05) is 24.0 Å². The van der Waals surface area contributed by atoms with Crippen molar-refractivity contribution in [1.29, 1.82) is 0 Å². The van der Waals surface area contributed by atoms with E-state index in [0.29, 0.717) is 54.3 Å². The maximum Gasteiger partial charge on any atom is 0.229 e. The minimum Gasteiger partial charge on any atom is -0.760 e. The summed E-state index contributed by atoms with van der Waals surface area (Å²) in [6.45, 7) is 3.72. The lowest BCUT2D eigenvalue weighted by Gasteiger charge is -2.33. The number of nitrogens with one attached hydrogen (secondary N) is 3. The number of likely N-dealkylation sites (N-methyl/N-ethyl adjacent to an activating group) is 1. The summed E-state index contributed by atoms with van der Waals surface area (Å²) in [6, 6.07) is 3.94. The van der Waals surface area contributed by atoms with Gasteiger partial charge in [0, 0.05) is 36.9 Å². The first-order valence-electron chi connectivity index (χ1n) is 12.2. The third-order valence-electron chi connectivity index (χ3n) is 6.93. The number of hydrogen-bond acceptors (Lipinski definition) is 8. The van der Waals surface area contributed by atoms with Crippen LogP contribution in [0.4, 0.5) is 17.5 Å². The Kier molecular flexibility index (Phi) is 9.00. The van der Waals surface area contributed by atoms with Gasteiger partial charge < -0.3 is 24.8 Å². The SMILES string of the molecule is CCN1CCc2cc(Nc3ncc(Cl)c(N[C@@H]4CCCC[C@@H]4CNS(=O)[O-])n3)c(OC)cc2CC1=O. The summed E-state index contributed by atoms with van der Waals surface area (Å²) < 4.78 is 30.1. The first-order valence-corrected chi connectivity index (χ1v) is 13.7. The number of anilines is 3. The average molecular weight is 536 g/mol. The molecule has 0 bridgehead atoms. The summed E-state index contributed by atoms with van der Waals surface area (Å²) in [4.78, 5) is 23.3. The second-order valence-electron chi connectivity index (χ2n) is 9.12. The topological polar surface area (TPSA) is 132 Å². The summed E-state index contributed by atoms with van der Waals surface area (Å²) in [6.07, 6.45) is 6.56. The van der Waals surface area contributed by atoms with E-state index in [2.05, 4.69) is 25.3 Å². The van der Waals surface area contributed by atoms with Crippen molar-refractivity contribution in [2.75, 3.05) is 37.4 Å². The maximum absolute atomic E-state index is 12.5. The lowest BCUT2D eigenvalue weighted by Crippen LogP contribution is -2.39. The molecule has 1 aromatic carbocycles. The Labute approximate surface area is 219 Å². The Bertz CT molecular complexity index is 1120. The van der Waals surface area contributed by atoms with Gasteiger partial charge in [-0.05, 0) is 55.4 Å². The minimum absolute atomic E-state index is 0.0381. The third kappa shape index (κ3) is 6.44. The molecule has 1 aromatic heterocycles. The number of amides is 1. The number of hydrogen-bond donors (Lipinski definition) is 3. The normalized spacial score (nSPS) is 20.9. The molecule has 1 saturated carbocycles. The molecule has 1 amide bonds. The van der Waals surface area contributed by atoms with E-state index in [4.69, 9.17) is 16.3 Å². The number of carbonyl (C=O) groups excluding carboxylic acids is 1. The van der Waals surface area contributed by atoms with Crippen molar-refractivity contribution in [3.05, 3.63) is 34.5 Å². The van der Waals surface area contributed by atoms with E-state index in [1.54, 1.807) is 7.11 Å². The Morgan fingerprint density at radius 2 is 2.08 bits per heavy atom. The van der Waals surface area contributed by atoms with Gasteiger partial charge in [-0.15, -0.1) is 0 Å². The fourth-order valence-corrected chi connectivity index (χ4v) is 5.46. The standard InChI is InChI=1S/C24H33ClN6O4S/c1-3-31-9-8-15-10-20(21(35-2)11-17(15)12-22(31)32)29-24-26-14-18(25)23(30-24)28-19-7-5-4-6-16(19)13-27-36(33)34/h10-11,14,16,19,27H,3-9,12-13H2,1-2H3,(H,33,34)(H2,26,28,29,30)/p-1/t16-,19-/m1/s1. The Morgan fingerprint density at radius 1 is 1.28 bits per heavy atom. The molecule has 2 aromatic rings. The molecule has 12 heteroatoms. The molecular weight excluding hydrogens is 504 g/mol. The Hall–Kier alpha value is -2.47. The molecule has 0 saturated heterocycles. The first-order chi connectivity index (χ1) is 17.4. The summed E-state index contributed by atoms with van der Waals surface area (Å²) in [5, 5.41) is 7.05. The number of aromatic nitrogens is 2. The van der Waals surface area contributed by atoms with Crippen LogP contribution >= 0.6 is 11.6 Å². The molecule has 196 valence electrons. The van der Waals surface area contributed by atoms with Crippen molar-refractivity contribution in [2.45, 2.75) is 51.5 Å². The fraction of sp³-hybridized carbons (Fsp3) is 0.542. The van der Waals surface area contributed by atoms with Gasteiger partial charge in [0.05, 0.1) is 25.4 Å². The van der Waals surface area contributed by atoms with Crippen LogP contribution in [0.5, 0.6) is 5.75 Å². The highest BCUT2D eigenvalue weighted by molar-refractivity contribution is 7.77. The van der Waals surface area contributed by atoms with E-state index in [9.17, 15) is 13.6 Å². The highest BCUT2D eigenvalue weighted by Gasteiger charge is 2.26. The van der Waals surface area contributed by atoms with E-state index in [-0.39, 0.29) is 17.9 Å². The highest BCUT2D eigenvalue weighted by Crippen LogP contribution is 2.34. The first kappa shape index (κ1) is 26.6. The van der Waals surface area contributed by atoms with Gasteiger partial charge in [0.1, 0.15) is 10.8 Å². The molecule has 1 aliphatic heterocycles. The number of fused-ring (bicyclic) bond motifs is 1. The zero-order valence-electron chi connectivity index (χ0n) is 20.5. The summed E-state index contributed by atoms with van der Waals surface area (Å²) >= 11 is 4.12. The lowest BCUT2D eigenvalue weighted by atomic mass is 9.84. The quantitative estimate of drug-likeness (QED) is 0.417. The number of carbonyl (C=O) groups is 1. The number of benzene rings is 1. The fourth-order valence-electron chi connectivity index (χ4n) is 4.96. The smallest absolute Gasteiger partial charge is 0.229 e. The highest BCUT2D eigenvalue weighted by atomic mass is 35.5. The zero-order valence-corrected chi connectivity index (χ0v) is 22.1. The summed E-state index contributed by atoms with van der Waals surface area (Å²) in [5.74, 6) is 1.70. The van der Waals surface area contributed by atoms with Gasteiger partial charge in [0.2, 0.25) is 11.9 Å². The number of methoxy groups -OCH3 is 1. The van der Waals surface area contributed by atoms with E-state index in [0.717, 1.165) is 43.2 Å². The Balaban J connectivity index is 1.54. The molecule has 1 unspecified atom stereocenters. The van der Waals surface area contributed by atoms with Gasteiger partial charge in [-0.3, -0.25) is 9.00 Å². The third-order valence-corrected chi connectivity index (χ3v) is 7.61. The van der Waals surface area contributed by atoms with Gasteiger partial charge in [-0.1, -0.05) is 24.4 Å². The molecule has 3 N–H and O–H groups in total. The molecule has 10 nitrogen and oxygen atoms in total. The van der Waals surface area contributed by atoms with Crippen LogP contribution in [-0.2, 0) is 28.9 Å². The molecule has 36 heavy (non-hydrogen) atoms. The largest absolute Gasteiger partial charge is 0.760 e. The Morgan fingerprint density at radius 3 is 2.83 bits per heavy atom. The van der Waals surface area contributed by atoms with Crippen LogP contribution in [0.15, 0.2) is 18.3 Å². The van der Waals surface area contributed by atoms with E-state index >= 15 is 0 Å². The number of rotatable bonds is 9. The van der Waals surface area contributed by atoms with Crippen molar-refractivity contribution in [3.63, 3.8) is 0 Å². The van der Waals surface area contributed by atoms with Crippen molar-refractivity contribution in [1.82, 2.24) is 19.6 Å². The molecule has 0 radical (unpaired) electrons. The number of nitrogens with zero attached hydrogens (tertiary/aromatic N) is 3. The van der Waals surface area contributed by atoms with Gasteiger partial charge in [0.15, 0.2) is 5.82 Å². The molecular formula is C24H32ClN6O4S-. The monoisotopic (exact) mass is 535 g/mol. The van der Waals surface area contributed by atoms with Gasteiger partial charge >= 0.3 is 0 Å². The summed E-state index contributed by atoms with van der Waals surface area (Å²) in [5.41, 5.74) is 2.76. The van der Waals surface area contributed by atoms with Crippen LogP contribution in [0.1, 0.15) is 43.7 Å². The molecule has 0 spiro atoms. The van der Waals surface area contributed by atoms with Crippen molar-refractivity contribution >= 4 is 46.2 Å². The van der Waals surface area contributed by atoms with Crippen LogP contribution in [0.25, 0.3) is 0 Å². The van der Waals surface area contributed by atoms with Crippen molar-refractivity contribution in [2.24, 2.45) is 5.92 Å². The molecule has 1 fully saturated rings. The second-order valence-corrected chi connectivity index (χ2v) is 10.3. The van der Waals surface area contributed by atoms with Gasteiger partial charge in [-0.2, -0.15) is 4.98 Å². The van der Waals surface area contributed by atoms with Crippen LogP contribution in [0.3, 0.4) is 0 Å². The van der Waals surface area contributed by atoms with Crippen molar-refractivity contribution < 1.29 is 18.3 Å². The minimum atomic E-state index is -2.29. The van der Waals surface area contributed by atoms with Gasteiger partial charge in [-0.25, -0.2) is 9.71 Å². The van der Waals surface area contributed by atoms with Crippen LogP contribution in [0, 0.1) is 5.92 Å². The zero-order chi connectivity index (χ0) is 25.7. The van der Waals surface area contributed by atoms with Crippen LogP contribution in [-0.4, -0.2) is 62.3 Å². The molecule has 2 heterocycles. The second kappa shape index (κ2) is 12.2.